The maximum atomic E-state index is 14.5. The van der Waals surface area contributed by atoms with Crippen molar-refractivity contribution in [3.63, 3.8) is 0 Å². The number of nitrogens with zero attached hydrogens (tertiary/aromatic N) is 3. The van der Waals surface area contributed by atoms with Gasteiger partial charge in [0.15, 0.2) is 0 Å². The molecule has 4 rings (SSSR count). The third-order valence-corrected chi connectivity index (χ3v) is 7.88. The van der Waals surface area contributed by atoms with E-state index in [9.17, 15) is 22.4 Å². The molecule has 34 heavy (non-hydrogen) atoms. The van der Waals surface area contributed by atoms with Crippen LogP contribution in [0, 0.1) is 5.82 Å². The molecule has 2 aromatic carbocycles. The van der Waals surface area contributed by atoms with Crippen LogP contribution in [0.5, 0.6) is 0 Å². The molecule has 11 heteroatoms. The molecule has 8 nitrogen and oxygen atoms in total. The summed E-state index contributed by atoms with van der Waals surface area (Å²) >= 11 is 5.97. The van der Waals surface area contributed by atoms with Crippen molar-refractivity contribution in [1.29, 1.82) is 0 Å². The lowest BCUT2D eigenvalue weighted by Gasteiger charge is -2.48. The molecule has 0 aliphatic carbocycles. The fourth-order valence-electron chi connectivity index (χ4n) is 4.09. The topological polar surface area (TPSA) is 104 Å². The van der Waals surface area contributed by atoms with Crippen LogP contribution in [0.15, 0.2) is 65.4 Å². The van der Waals surface area contributed by atoms with Crippen LogP contribution in [0.4, 0.5) is 4.39 Å². The van der Waals surface area contributed by atoms with Crippen molar-refractivity contribution in [2.75, 3.05) is 6.54 Å². The first-order valence-corrected chi connectivity index (χ1v) is 12.5. The first-order valence-electron chi connectivity index (χ1n) is 10.7. The van der Waals surface area contributed by atoms with Crippen LogP contribution >= 0.6 is 11.6 Å². The van der Waals surface area contributed by atoms with Gasteiger partial charge in [0, 0.05) is 23.7 Å². The van der Waals surface area contributed by atoms with Crippen molar-refractivity contribution >= 4 is 33.4 Å². The summed E-state index contributed by atoms with van der Waals surface area (Å²) in [6, 6.07) is 9.19. The second-order valence-electron chi connectivity index (χ2n) is 8.45. The smallest absolute Gasteiger partial charge is 0.268 e. The van der Waals surface area contributed by atoms with Gasteiger partial charge in [-0.1, -0.05) is 35.9 Å². The van der Waals surface area contributed by atoms with Crippen LogP contribution in [0.3, 0.4) is 0 Å². The molecule has 0 spiro atoms. The Kier molecular flexibility index (Phi) is 6.41. The van der Waals surface area contributed by atoms with Gasteiger partial charge in [-0.15, -0.1) is 0 Å². The highest BCUT2D eigenvalue weighted by molar-refractivity contribution is 7.89. The first kappa shape index (κ1) is 24.2. The summed E-state index contributed by atoms with van der Waals surface area (Å²) in [5, 5.41) is 0.515. The molecule has 0 bridgehead atoms. The van der Waals surface area contributed by atoms with Crippen LogP contribution in [0.2, 0.25) is 5.02 Å². The number of hydrogen-bond acceptors (Lipinski definition) is 5. The van der Waals surface area contributed by atoms with E-state index in [2.05, 4.69) is 0 Å². The summed E-state index contributed by atoms with van der Waals surface area (Å²) in [6.07, 6.45) is 1.44. The van der Waals surface area contributed by atoms with Crippen LogP contribution in [-0.2, 0) is 26.0 Å². The summed E-state index contributed by atoms with van der Waals surface area (Å²) in [4.78, 5) is 28.6. The van der Waals surface area contributed by atoms with Gasteiger partial charge < -0.3 is 10.6 Å². The van der Waals surface area contributed by atoms with Gasteiger partial charge in [0.1, 0.15) is 28.6 Å². The molecule has 2 amide bonds. The molecule has 2 aliphatic heterocycles. The zero-order valence-electron chi connectivity index (χ0n) is 18.6. The van der Waals surface area contributed by atoms with Crippen molar-refractivity contribution in [3.8, 4) is 0 Å². The van der Waals surface area contributed by atoms with Crippen molar-refractivity contribution in [2.45, 2.75) is 43.3 Å². The number of halogens is 2. The molecule has 2 atom stereocenters. The molecule has 2 aliphatic rings. The number of rotatable bonds is 5. The minimum atomic E-state index is -4.43. The number of benzene rings is 2. The quantitative estimate of drug-likeness (QED) is 0.670. The highest BCUT2D eigenvalue weighted by Gasteiger charge is 2.49. The molecule has 2 heterocycles. The lowest BCUT2D eigenvalue weighted by Crippen LogP contribution is -2.66. The molecular formula is C23H24ClFN4O4S. The van der Waals surface area contributed by atoms with Gasteiger partial charge in [-0.25, -0.2) is 17.1 Å². The van der Waals surface area contributed by atoms with E-state index in [1.165, 1.54) is 23.2 Å². The van der Waals surface area contributed by atoms with Crippen molar-refractivity contribution in [2.24, 2.45) is 5.73 Å². The van der Waals surface area contributed by atoms with E-state index in [0.717, 1.165) is 26.9 Å². The molecule has 0 radical (unpaired) electrons. The lowest BCUT2D eigenvalue weighted by molar-refractivity contribution is -0.149. The van der Waals surface area contributed by atoms with E-state index in [1.54, 1.807) is 38.1 Å². The second kappa shape index (κ2) is 9.01. The highest BCUT2D eigenvalue weighted by Crippen LogP contribution is 2.34. The van der Waals surface area contributed by atoms with Gasteiger partial charge in [-0.3, -0.25) is 14.5 Å². The zero-order valence-corrected chi connectivity index (χ0v) is 20.1. The average Bonchev–Trinajstić information content (AvgIpc) is 2.78. The number of amides is 2. The van der Waals surface area contributed by atoms with Crippen LogP contribution in [0.1, 0.15) is 19.4 Å². The highest BCUT2D eigenvalue weighted by atomic mass is 35.5. The Morgan fingerprint density at radius 1 is 1.09 bits per heavy atom. The van der Waals surface area contributed by atoms with E-state index < -0.39 is 38.7 Å². The molecule has 0 aromatic heterocycles. The van der Waals surface area contributed by atoms with E-state index in [1.807, 2.05) is 0 Å². The summed E-state index contributed by atoms with van der Waals surface area (Å²) < 4.78 is 42.4. The minimum Gasteiger partial charge on any atom is -0.318 e. The molecule has 0 saturated carbocycles. The fraction of sp³-hybridized carbons (Fsp3) is 0.304. The standard InChI is InChI=1S/C23H24ClFN4O4S/c1-14(2)27-13-21-28(34(32,33)20-6-4-3-5-17(20)25)12-18(26)22(30)29(21)19(23(27)31)11-15-7-9-16(24)10-8-15/h3-10,13-14,18-19H,11-12,26H2,1-2H3. The first-order chi connectivity index (χ1) is 16.0. The maximum Gasteiger partial charge on any atom is 0.268 e. The third kappa shape index (κ3) is 4.17. The molecule has 2 N–H and O–H groups in total. The summed E-state index contributed by atoms with van der Waals surface area (Å²) in [5.74, 6) is -1.92. The molecular weight excluding hydrogens is 483 g/mol. The van der Waals surface area contributed by atoms with E-state index >= 15 is 0 Å². The third-order valence-electron chi connectivity index (χ3n) is 5.83. The number of fused-ring (bicyclic) bond motifs is 1. The second-order valence-corrected chi connectivity index (χ2v) is 10.7. The van der Waals surface area contributed by atoms with Gasteiger partial charge >= 0.3 is 0 Å². The number of carbonyl (C=O) groups is 2. The Balaban J connectivity index is 1.84. The van der Waals surface area contributed by atoms with Crippen molar-refractivity contribution in [1.82, 2.24) is 14.1 Å². The molecule has 180 valence electrons. The number of sulfonamides is 1. The number of nitrogens with two attached hydrogens (primary N) is 1. The van der Waals surface area contributed by atoms with Gasteiger partial charge in [0.05, 0.1) is 6.54 Å². The normalized spacial score (nSPS) is 21.1. The van der Waals surface area contributed by atoms with E-state index in [-0.39, 0.29) is 30.7 Å². The summed E-state index contributed by atoms with van der Waals surface area (Å²) in [5.41, 5.74) is 6.77. The molecule has 1 saturated heterocycles. The van der Waals surface area contributed by atoms with Crippen LogP contribution in [-0.4, -0.2) is 59.0 Å². The monoisotopic (exact) mass is 506 g/mol. The van der Waals surface area contributed by atoms with Crippen molar-refractivity contribution < 1.29 is 22.4 Å². The minimum absolute atomic E-state index is 0.0396. The summed E-state index contributed by atoms with van der Waals surface area (Å²) in [6.45, 7) is 3.16. The Bertz CT molecular complexity index is 1270. The number of hydrogen-bond donors (Lipinski definition) is 1. The van der Waals surface area contributed by atoms with Crippen LogP contribution < -0.4 is 5.73 Å². The van der Waals surface area contributed by atoms with E-state index in [4.69, 9.17) is 17.3 Å². The van der Waals surface area contributed by atoms with Crippen molar-refractivity contribution in [3.05, 3.63) is 77.0 Å². The maximum absolute atomic E-state index is 14.5. The predicted molar refractivity (Wildman–Crippen MR) is 124 cm³/mol. The Morgan fingerprint density at radius 3 is 2.35 bits per heavy atom. The zero-order chi connectivity index (χ0) is 24.8. The van der Waals surface area contributed by atoms with E-state index in [0.29, 0.717) is 5.02 Å². The average molecular weight is 507 g/mol. The molecule has 2 aromatic rings. The lowest BCUT2D eigenvalue weighted by atomic mass is 9.99. The van der Waals surface area contributed by atoms with Gasteiger partial charge in [0.25, 0.3) is 10.0 Å². The molecule has 1 fully saturated rings. The summed E-state index contributed by atoms with van der Waals surface area (Å²) in [7, 11) is -4.43. The fourth-order valence-corrected chi connectivity index (χ4v) is 5.76. The number of carbonyl (C=O) groups excluding carboxylic acids is 2. The van der Waals surface area contributed by atoms with Gasteiger partial charge in [-0.05, 0) is 43.7 Å². The Morgan fingerprint density at radius 2 is 1.74 bits per heavy atom. The van der Waals surface area contributed by atoms with Gasteiger partial charge in [0.2, 0.25) is 11.8 Å². The van der Waals surface area contributed by atoms with Gasteiger partial charge in [-0.2, -0.15) is 0 Å². The largest absolute Gasteiger partial charge is 0.318 e. The SMILES string of the molecule is CC(C)N1C=C2N(C(=O)C(N)CN2S(=O)(=O)c2ccccc2F)C(Cc2ccc(Cl)cc2)C1=O. The Labute approximate surface area is 202 Å². The van der Waals surface area contributed by atoms with Crippen LogP contribution in [0.25, 0.3) is 0 Å². The molecule has 2 unspecified atom stereocenters. The Hall–Kier alpha value is -2.95. The predicted octanol–water partition coefficient (Wildman–Crippen LogP) is 2.30.